The van der Waals surface area contributed by atoms with Crippen molar-refractivity contribution in [3.63, 3.8) is 0 Å². The van der Waals surface area contributed by atoms with Crippen LogP contribution in [-0.4, -0.2) is 69.4 Å². The third kappa shape index (κ3) is 4.70. The van der Waals surface area contributed by atoms with Crippen molar-refractivity contribution in [3.05, 3.63) is 36.8 Å². The maximum atomic E-state index is 12.4. The molecule has 0 N–H and O–H groups in total. The van der Waals surface area contributed by atoms with Gasteiger partial charge in [0.25, 0.3) is 0 Å². The monoisotopic (exact) mass is 464 g/mol. The second-order valence-corrected chi connectivity index (χ2v) is 9.92. The van der Waals surface area contributed by atoms with Gasteiger partial charge >= 0.3 is 6.09 Å². The zero-order chi connectivity index (χ0) is 23.7. The van der Waals surface area contributed by atoms with E-state index in [1.807, 2.05) is 43.9 Å². The molecular formula is C25H32N6O3. The first-order chi connectivity index (χ1) is 16.4. The summed E-state index contributed by atoms with van der Waals surface area (Å²) in [7, 11) is 0. The van der Waals surface area contributed by atoms with Gasteiger partial charge in [-0.15, -0.1) is 5.10 Å². The van der Waals surface area contributed by atoms with E-state index < -0.39 is 5.60 Å². The fourth-order valence-corrected chi connectivity index (χ4v) is 4.57. The van der Waals surface area contributed by atoms with E-state index in [4.69, 9.17) is 9.47 Å². The van der Waals surface area contributed by atoms with Gasteiger partial charge in [-0.2, -0.15) is 10.2 Å². The molecule has 0 radical (unpaired) electrons. The number of nitrogens with zero attached hydrogens (tertiary/aromatic N) is 6. The van der Waals surface area contributed by atoms with Crippen LogP contribution in [0.3, 0.4) is 0 Å². The van der Waals surface area contributed by atoms with Crippen LogP contribution in [0.4, 0.5) is 10.6 Å². The van der Waals surface area contributed by atoms with Crippen molar-refractivity contribution >= 4 is 22.7 Å². The van der Waals surface area contributed by atoms with Gasteiger partial charge in [-0.3, -0.25) is 0 Å². The number of carbonyl (C=O) groups excluding carboxylic acids is 1. The summed E-state index contributed by atoms with van der Waals surface area (Å²) in [6.45, 7) is 8.96. The number of carbonyl (C=O) groups is 1. The van der Waals surface area contributed by atoms with Gasteiger partial charge in [0.2, 0.25) is 0 Å². The third-order valence-electron chi connectivity index (χ3n) is 6.28. The minimum atomic E-state index is -0.497. The molecule has 4 heterocycles. The number of ether oxygens (including phenoxy) is 2. The van der Waals surface area contributed by atoms with E-state index in [1.165, 1.54) is 0 Å². The maximum absolute atomic E-state index is 12.4. The summed E-state index contributed by atoms with van der Waals surface area (Å²) in [5, 5.41) is 15.5. The first-order valence-electron chi connectivity index (χ1n) is 12.0. The number of amides is 1. The fourth-order valence-electron chi connectivity index (χ4n) is 4.57. The van der Waals surface area contributed by atoms with Gasteiger partial charge in [-0.25, -0.2) is 9.48 Å². The van der Waals surface area contributed by atoms with E-state index >= 15 is 0 Å². The topological polar surface area (TPSA) is 85.6 Å². The molecule has 0 aliphatic carbocycles. The Hall–Kier alpha value is -3.20. The number of fused-ring (bicyclic) bond motifs is 1. The lowest BCUT2D eigenvalue weighted by molar-refractivity contribution is -0.0394. The molecule has 1 aromatic carbocycles. The molecule has 2 aliphatic rings. The summed E-state index contributed by atoms with van der Waals surface area (Å²) in [6, 6.07) is 6.23. The van der Waals surface area contributed by atoms with Gasteiger partial charge in [0.05, 0.1) is 12.4 Å². The van der Waals surface area contributed by atoms with Gasteiger partial charge in [0, 0.05) is 55.3 Å². The molecule has 0 saturated carbocycles. The van der Waals surface area contributed by atoms with Crippen LogP contribution >= 0.6 is 0 Å². The molecule has 0 bridgehead atoms. The van der Waals surface area contributed by atoms with Crippen LogP contribution in [0.2, 0.25) is 0 Å². The van der Waals surface area contributed by atoms with Crippen molar-refractivity contribution in [1.82, 2.24) is 24.9 Å². The minimum Gasteiger partial charge on any atom is -0.444 e. The van der Waals surface area contributed by atoms with Gasteiger partial charge in [-0.1, -0.05) is 18.2 Å². The van der Waals surface area contributed by atoms with Crippen LogP contribution in [0.25, 0.3) is 21.9 Å². The molecule has 2 aromatic heterocycles. The highest BCUT2D eigenvalue weighted by atomic mass is 16.6. The zero-order valence-corrected chi connectivity index (χ0v) is 20.1. The largest absolute Gasteiger partial charge is 0.444 e. The lowest BCUT2D eigenvalue weighted by Crippen LogP contribution is -2.50. The molecule has 3 aromatic rings. The Morgan fingerprint density at radius 2 is 1.91 bits per heavy atom. The van der Waals surface area contributed by atoms with E-state index in [-0.39, 0.29) is 12.3 Å². The molecule has 180 valence electrons. The first-order valence-corrected chi connectivity index (χ1v) is 12.0. The van der Waals surface area contributed by atoms with Crippen molar-refractivity contribution in [2.45, 2.75) is 51.9 Å². The highest BCUT2D eigenvalue weighted by Gasteiger charge is 2.27. The van der Waals surface area contributed by atoms with Crippen molar-refractivity contribution < 1.29 is 14.3 Å². The number of rotatable bonds is 3. The Morgan fingerprint density at radius 1 is 1.09 bits per heavy atom. The summed E-state index contributed by atoms with van der Waals surface area (Å²) in [6.07, 6.45) is 8.78. The number of hydrogen-bond donors (Lipinski definition) is 0. The summed E-state index contributed by atoms with van der Waals surface area (Å²) < 4.78 is 13.3. The normalized spacial score (nSPS) is 19.4. The van der Waals surface area contributed by atoms with Crippen molar-refractivity contribution in [3.8, 4) is 11.1 Å². The molecule has 9 nitrogen and oxygen atoms in total. The third-order valence-corrected chi connectivity index (χ3v) is 6.28. The Labute approximate surface area is 199 Å². The van der Waals surface area contributed by atoms with Crippen LogP contribution < -0.4 is 4.90 Å². The summed E-state index contributed by atoms with van der Waals surface area (Å²) >= 11 is 0. The van der Waals surface area contributed by atoms with Gasteiger partial charge in [0.1, 0.15) is 11.8 Å². The Morgan fingerprint density at radius 3 is 2.65 bits per heavy atom. The van der Waals surface area contributed by atoms with Gasteiger partial charge in [-0.05, 0) is 45.6 Å². The van der Waals surface area contributed by atoms with Crippen LogP contribution in [0.5, 0.6) is 0 Å². The van der Waals surface area contributed by atoms with Crippen LogP contribution in [-0.2, 0) is 9.47 Å². The molecule has 2 aliphatic heterocycles. The molecule has 2 fully saturated rings. The summed E-state index contributed by atoms with van der Waals surface area (Å²) in [4.78, 5) is 16.4. The average Bonchev–Trinajstić information content (AvgIpc) is 3.33. The van der Waals surface area contributed by atoms with Crippen molar-refractivity contribution in [1.29, 1.82) is 0 Å². The summed E-state index contributed by atoms with van der Waals surface area (Å²) in [5.74, 6) is 0.839. The van der Waals surface area contributed by atoms with E-state index in [1.54, 1.807) is 4.90 Å². The standard InChI is InChI=1S/C25H32N6O3/c1-25(2,3)34-24(32)30-12-10-29(11-13-30)23-20-8-6-7-19(21(20)16-26-28-23)18-15-27-31(17-18)22-9-4-5-14-33-22/h6-8,15-17,22H,4-5,9-14H2,1-3H3. The molecule has 1 unspecified atom stereocenters. The number of benzene rings is 1. The zero-order valence-electron chi connectivity index (χ0n) is 20.1. The van der Waals surface area contributed by atoms with E-state index in [0.717, 1.165) is 53.6 Å². The number of aromatic nitrogens is 4. The predicted molar refractivity (Wildman–Crippen MR) is 130 cm³/mol. The fraction of sp³-hybridized carbons (Fsp3) is 0.520. The van der Waals surface area contributed by atoms with Crippen LogP contribution in [0, 0.1) is 0 Å². The number of piperazine rings is 1. The first kappa shape index (κ1) is 22.6. The molecule has 5 rings (SSSR count). The van der Waals surface area contributed by atoms with Crippen LogP contribution in [0.1, 0.15) is 46.3 Å². The second-order valence-electron chi connectivity index (χ2n) is 9.92. The average molecular weight is 465 g/mol. The molecule has 2 saturated heterocycles. The quantitative estimate of drug-likeness (QED) is 0.573. The highest BCUT2D eigenvalue weighted by molar-refractivity contribution is 6.01. The van der Waals surface area contributed by atoms with E-state index in [0.29, 0.717) is 26.2 Å². The molecule has 1 atom stereocenters. The van der Waals surface area contributed by atoms with E-state index in [2.05, 4.69) is 38.5 Å². The lowest BCUT2D eigenvalue weighted by Gasteiger charge is -2.36. The predicted octanol–water partition coefficient (Wildman–Crippen LogP) is 4.25. The maximum Gasteiger partial charge on any atom is 0.410 e. The number of hydrogen-bond acceptors (Lipinski definition) is 7. The highest BCUT2D eigenvalue weighted by Crippen LogP contribution is 2.33. The Kier molecular flexibility index (Phi) is 6.12. The summed E-state index contributed by atoms with van der Waals surface area (Å²) in [5.41, 5.74) is 1.61. The van der Waals surface area contributed by atoms with Crippen molar-refractivity contribution in [2.24, 2.45) is 0 Å². The van der Waals surface area contributed by atoms with Crippen LogP contribution in [0.15, 0.2) is 36.8 Å². The molecule has 9 heteroatoms. The Bertz CT molecular complexity index is 1160. The molecule has 0 spiro atoms. The van der Waals surface area contributed by atoms with Crippen molar-refractivity contribution in [2.75, 3.05) is 37.7 Å². The molecule has 1 amide bonds. The molecular weight excluding hydrogens is 432 g/mol. The second kappa shape index (κ2) is 9.21. The Balaban J connectivity index is 1.36. The number of anilines is 1. The van der Waals surface area contributed by atoms with Gasteiger partial charge < -0.3 is 19.3 Å². The van der Waals surface area contributed by atoms with Gasteiger partial charge in [0.15, 0.2) is 5.82 Å². The SMILES string of the molecule is CC(C)(C)OC(=O)N1CCN(c2nncc3c(-c4cnn(C5CCCCO5)c4)cccc23)CC1. The molecule has 34 heavy (non-hydrogen) atoms. The minimum absolute atomic E-state index is 0.00842. The lowest BCUT2D eigenvalue weighted by atomic mass is 10.0. The smallest absolute Gasteiger partial charge is 0.410 e. The van der Waals surface area contributed by atoms with E-state index in [9.17, 15) is 4.79 Å².